The van der Waals surface area contributed by atoms with E-state index in [1.54, 1.807) is 13.0 Å². The standard InChI is InChI=1S/C43H39ClF7N7O5S2/c1-40(2,64(60,61)25-6-7-25)12-11-24-5-8-26(27-9-10-30(44)34-36(27)57(4)55-39(34)56-65(62,63)41(3)13-14-41)35(52-24)31(17-21-15-22(45)18-23(46)16-21)53-32(59)20-58-38-33(37(54-58)43(49,50)51)28-19-29(28)42(38,47)48/h5,8-10,15-16,18,25,28-29,31H,6-7,13-14,17,19-20H2,1-4H3,(H,53,59)(H,55,56)/t28-,29+,31-/m0/s1. The van der Waals surface area contributed by atoms with Crippen LogP contribution >= 0.6 is 11.6 Å². The Labute approximate surface area is 373 Å². The third-order valence-corrected chi connectivity index (χ3v) is 18.0. The highest BCUT2D eigenvalue weighted by atomic mass is 35.5. The average Bonchev–Trinajstić information content (AvgIpc) is 4.13. The Kier molecular flexibility index (Phi) is 10.3. The number of sulfone groups is 1. The maximum absolute atomic E-state index is 15.5. The van der Waals surface area contributed by atoms with Crippen molar-refractivity contribution in [1.82, 2.24) is 29.9 Å². The zero-order valence-corrected chi connectivity index (χ0v) is 37.3. The minimum atomic E-state index is -5.11. The highest BCUT2D eigenvalue weighted by Crippen LogP contribution is 2.68. The molecule has 3 atom stereocenters. The number of pyridine rings is 1. The number of hydrogen-bond acceptors (Lipinski definition) is 8. The number of hydrogen-bond donors (Lipinski definition) is 2. The topological polar surface area (TPSA) is 158 Å². The molecule has 4 aliphatic carbocycles. The van der Waals surface area contributed by atoms with Crippen molar-refractivity contribution in [3.8, 4) is 23.0 Å². The second-order valence-electron chi connectivity index (χ2n) is 17.9. The number of fused-ring (bicyclic) bond motifs is 4. The fourth-order valence-corrected chi connectivity index (χ4v) is 11.9. The number of nitrogens with one attached hydrogen (secondary N) is 2. The number of benzene rings is 2. The third kappa shape index (κ3) is 7.82. The number of carbonyl (C=O) groups excluding carboxylic acids is 1. The van der Waals surface area contributed by atoms with E-state index in [0.29, 0.717) is 36.4 Å². The van der Waals surface area contributed by atoms with Crippen LogP contribution in [0.4, 0.5) is 36.6 Å². The molecule has 12 nitrogen and oxygen atoms in total. The maximum Gasteiger partial charge on any atom is 0.435 e. The van der Waals surface area contributed by atoms with Crippen molar-refractivity contribution >= 4 is 54.1 Å². The second kappa shape index (κ2) is 14.9. The molecule has 22 heteroatoms. The first kappa shape index (κ1) is 45.0. The Morgan fingerprint density at radius 2 is 1.66 bits per heavy atom. The van der Waals surface area contributed by atoms with E-state index in [1.807, 2.05) is 0 Å². The summed E-state index contributed by atoms with van der Waals surface area (Å²) in [6, 6.07) is 7.04. The molecule has 9 rings (SSSR count). The molecule has 65 heavy (non-hydrogen) atoms. The number of anilines is 1. The van der Waals surface area contributed by atoms with E-state index in [4.69, 9.17) is 16.6 Å². The number of halogens is 8. The van der Waals surface area contributed by atoms with Crippen LogP contribution in [0.15, 0.2) is 42.5 Å². The predicted octanol–water partition coefficient (Wildman–Crippen LogP) is 8.09. The molecule has 0 unspecified atom stereocenters. The first-order valence-electron chi connectivity index (χ1n) is 20.5. The van der Waals surface area contributed by atoms with Crippen LogP contribution in [0.5, 0.6) is 0 Å². The van der Waals surface area contributed by atoms with Gasteiger partial charge in [-0.2, -0.15) is 32.1 Å². The molecule has 0 spiro atoms. The smallest absolute Gasteiger partial charge is 0.346 e. The predicted molar refractivity (Wildman–Crippen MR) is 225 cm³/mol. The summed E-state index contributed by atoms with van der Waals surface area (Å²) in [6.07, 6.45) is -3.94. The van der Waals surface area contributed by atoms with Crippen molar-refractivity contribution in [3.05, 3.63) is 93.0 Å². The summed E-state index contributed by atoms with van der Waals surface area (Å²) in [5.74, 6) is -3.81. The number of rotatable bonds is 12. The van der Waals surface area contributed by atoms with E-state index in [1.165, 1.54) is 43.8 Å². The van der Waals surface area contributed by atoms with Gasteiger partial charge < -0.3 is 5.32 Å². The quantitative estimate of drug-likeness (QED) is 0.0939. The summed E-state index contributed by atoms with van der Waals surface area (Å²) in [5, 5.41) is 10.2. The van der Waals surface area contributed by atoms with Crippen LogP contribution in [0.1, 0.15) is 98.7 Å². The van der Waals surface area contributed by atoms with Crippen LogP contribution < -0.4 is 10.0 Å². The van der Waals surface area contributed by atoms with Crippen LogP contribution in [0, 0.1) is 29.4 Å². The lowest BCUT2D eigenvalue weighted by Crippen LogP contribution is -2.35. The highest BCUT2D eigenvalue weighted by Gasteiger charge is 2.68. The molecule has 344 valence electrons. The lowest BCUT2D eigenvalue weighted by Gasteiger charge is -2.23. The lowest BCUT2D eigenvalue weighted by atomic mass is 9.93. The molecule has 3 saturated carbocycles. The van der Waals surface area contributed by atoms with Gasteiger partial charge in [-0.05, 0) is 107 Å². The average molecular weight is 966 g/mol. The highest BCUT2D eigenvalue weighted by molar-refractivity contribution is 7.94. The fraction of sp³-hybridized carbons (Fsp3) is 0.442. The van der Waals surface area contributed by atoms with Crippen molar-refractivity contribution in [2.45, 2.75) is 105 Å². The Morgan fingerprint density at radius 3 is 2.29 bits per heavy atom. The molecule has 0 radical (unpaired) electrons. The molecular weight excluding hydrogens is 927 g/mol. The first-order chi connectivity index (χ1) is 30.2. The largest absolute Gasteiger partial charge is 0.435 e. The summed E-state index contributed by atoms with van der Waals surface area (Å²) in [6.45, 7) is 3.34. The van der Waals surface area contributed by atoms with Gasteiger partial charge in [0.2, 0.25) is 15.9 Å². The molecule has 0 bridgehead atoms. The monoisotopic (exact) mass is 965 g/mol. The van der Waals surface area contributed by atoms with Crippen molar-refractivity contribution < 1.29 is 52.4 Å². The normalized spacial score (nSPS) is 20.1. The summed E-state index contributed by atoms with van der Waals surface area (Å²) >= 11 is 6.72. The van der Waals surface area contributed by atoms with Crippen molar-refractivity contribution in [2.75, 3.05) is 4.72 Å². The number of sulfonamides is 1. The summed E-state index contributed by atoms with van der Waals surface area (Å²) in [5.41, 5.74) is -2.64. The second-order valence-corrected chi connectivity index (χ2v) is 23.3. The molecule has 2 aromatic carbocycles. The summed E-state index contributed by atoms with van der Waals surface area (Å²) < 4.78 is 158. The Balaban J connectivity index is 1.19. The number of nitrogens with zero attached hydrogens (tertiary/aromatic N) is 5. The van der Waals surface area contributed by atoms with Gasteiger partial charge in [-0.3, -0.25) is 18.9 Å². The summed E-state index contributed by atoms with van der Waals surface area (Å²) in [7, 11) is -6.15. The van der Waals surface area contributed by atoms with E-state index < -0.39 is 112 Å². The van der Waals surface area contributed by atoms with E-state index in [2.05, 4.69) is 32.1 Å². The van der Waals surface area contributed by atoms with Gasteiger partial charge in [0.05, 0.1) is 37.7 Å². The Bertz CT molecular complexity index is 3130. The minimum absolute atomic E-state index is 0.0348. The molecule has 0 aliphatic heterocycles. The van der Waals surface area contributed by atoms with Crippen LogP contribution in [-0.2, 0) is 56.8 Å². The van der Waals surface area contributed by atoms with Gasteiger partial charge in [-0.1, -0.05) is 23.6 Å². The maximum atomic E-state index is 15.5. The third-order valence-electron chi connectivity index (χ3n) is 12.7. The number of carbonyl (C=O) groups is 1. The molecule has 4 aliphatic rings. The van der Waals surface area contributed by atoms with Gasteiger partial charge in [0.25, 0.3) is 5.92 Å². The molecule has 0 saturated heterocycles. The van der Waals surface area contributed by atoms with Crippen LogP contribution in [0.3, 0.4) is 0 Å². The van der Waals surface area contributed by atoms with E-state index in [-0.39, 0.29) is 56.2 Å². The van der Waals surface area contributed by atoms with Gasteiger partial charge in [0.1, 0.15) is 34.3 Å². The minimum Gasteiger partial charge on any atom is -0.346 e. The first-order valence-corrected chi connectivity index (χ1v) is 23.9. The molecule has 5 aromatic rings. The number of alkyl halides is 5. The molecular formula is C43H39ClF7N7O5S2. The Morgan fingerprint density at radius 1 is 1.00 bits per heavy atom. The van der Waals surface area contributed by atoms with Crippen LogP contribution in [0.25, 0.3) is 22.0 Å². The number of aromatic nitrogens is 5. The number of aryl methyl sites for hydroxylation is 1. The Hall–Kier alpha value is -5.20. The van der Waals surface area contributed by atoms with Gasteiger partial charge in [0.15, 0.2) is 21.3 Å². The van der Waals surface area contributed by atoms with E-state index in [0.717, 1.165) is 12.1 Å². The SMILES string of the molecule is Cn1nc(NS(=O)(=O)C2(C)CC2)c2c(Cl)ccc(-c3ccc(C#CC(C)(C)S(=O)(=O)C4CC4)nc3[C@H](Cc3cc(F)cc(F)c3)NC(=O)Cn3nc(C(F)(F)F)c4c3C(F)(F)[C@@H]3C[C@H]43)c21. The molecule has 3 aromatic heterocycles. The van der Waals surface area contributed by atoms with Crippen molar-refractivity contribution in [1.29, 1.82) is 0 Å². The molecule has 3 heterocycles. The fourth-order valence-electron chi connectivity index (χ4n) is 8.63. The summed E-state index contributed by atoms with van der Waals surface area (Å²) in [4.78, 5) is 18.9. The van der Waals surface area contributed by atoms with Gasteiger partial charge >= 0.3 is 6.18 Å². The number of amides is 1. The molecule has 1 amide bonds. The zero-order chi connectivity index (χ0) is 47.0. The van der Waals surface area contributed by atoms with Gasteiger partial charge in [-0.15, -0.1) is 0 Å². The van der Waals surface area contributed by atoms with Crippen LogP contribution in [-0.4, -0.2) is 62.0 Å². The van der Waals surface area contributed by atoms with E-state index in [9.17, 15) is 43.6 Å². The van der Waals surface area contributed by atoms with Crippen LogP contribution in [0.2, 0.25) is 5.02 Å². The van der Waals surface area contributed by atoms with Crippen molar-refractivity contribution in [2.24, 2.45) is 13.0 Å². The van der Waals surface area contributed by atoms with Crippen molar-refractivity contribution in [3.63, 3.8) is 0 Å². The zero-order valence-electron chi connectivity index (χ0n) is 34.9. The lowest BCUT2D eigenvalue weighted by molar-refractivity contribution is -0.142. The molecule has 3 fully saturated rings. The van der Waals surface area contributed by atoms with Gasteiger partial charge in [-0.25, -0.2) is 30.6 Å². The van der Waals surface area contributed by atoms with E-state index >= 15 is 8.78 Å². The van der Waals surface area contributed by atoms with Gasteiger partial charge in [0, 0.05) is 35.7 Å². The molecule has 2 N–H and O–H groups in total.